The number of hydrogen-bond donors (Lipinski definition) is 2. The fraction of sp³-hybridized carbons (Fsp3) is 0.533. The Bertz CT molecular complexity index is 410. The molecule has 1 rings (SSSR count). The van der Waals surface area contributed by atoms with Crippen molar-refractivity contribution in [3.8, 4) is 0 Å². The molecule has 0 saturated carbocycles. The molecular weight excluding hydrogens is 236 g/mol. The van der Waals surface area contributed by atoms with Gasteiger partial charge in [-0.3, -0.25) is 0 Å². The normalized spacial score (nSPS) is 12.2. The molecule has 0 amide bonds. The molecule has 4 heteroatoms. The van der Waals surface area contributed by atoms with Crippen LogP contribution in [-0.4, -0.2) is 31.5 Å². The lowest BCUT2D eigenvalue weighted by molar-refractivity contribution is 0.401. The van der Waals surface area contributed by atoms with Crippen LogP contribution in [0.1, 0.15) is 25.0 Å². The highest BCUT2D eigenvalue weighted by Gasteiger charge is 2.02. The molecule has 0 spiro atoms. The molecule has 19 heavy (non-hydrogen) atoms. The van der Waals surface area contributed by atoms with Gasteiger partial charge in [0.05, 0.1) is 6.54 Å². The van der Waals surface area contributed by atoms with Gasteiger partial charge in [0.15, 0.2) is 5.96 Å². The maximum atomic E-state index is 5.85. The maximum Gasteiger partial charge on any atom is 0.188 e. The molecule has 0 saturated heterocycles. The number of nitrogens with one attached hydrogen (secondary N) is 1. The molecular formula is C15H26N4. The van der Waals surface area contributed by atoms with Crippen LogP contribution in [0.15, 0.2) is 29.3 Å². The highest BCUT2D eigenvalue weighted by atomic mass is 15.1. The number of guanidine groups is 1. The Morgan fingerprint density at radius 3 is 2.47 bits per heavy atom. The van der Waals surface area contributed by atoms with E-state index in [-0.39, 0.29) is 0 Å². The van der Waals surface area contributed by atoms with Gasteiger partial charge in [0.1, 0.15) is 0 Å². The van der Waals surface area contributed by atoms with Gasteiger partial charge in [-0.15, -0.1) is 0 Å². The van der Waals surface area contributed by atoms with Crippen LogP contribution in [-0.2, 0) is 13.1 Å². The summed E-state index contributed by atoms with van der Waals surface area (Å²) in [5.41, 5.74) is 8.38. The van der Waals surface area contributed by atoms with E-state index in [0.29, 0.717) is 18.4 Å². The van der Waals surface area contributed by atoms with E-state index in [2.05, 4.69) is 61.4 Å². The quantitative estimate of drug-likeness (QED) is 0.607. The summed E-state index contributed by atoms with van der Waals surface area (Å²) in [7, 11) is 4.14. The van der Waals surface area contributed by atoms with Crippen molar-refractivity contribution in [2.45, 2.75) is 26.9 Å². The van der Waals surface area contributed by atoms with Gasteiger partial charge in [0, 0.05) is 13.1 Å². The first kappa shape index (κ1) is 15.5. The van der Waals surface area contributed by atoms with Gasteiger partial charge >= 0.3 is 0 Å². The summed E-state index contributed by atoms with van der Waals surface area (Å²) in [4.78, 5) is 6.55. The first-order valence-electron chi connectivity index (χ1n) is 6.74. The second kappa shape index (κ2) is 7.79. The minimum Gasteiger partial charge on any atom is -0.370 e. The fourth-order valence-electron chi connectivity index (χ4n) is 1.74. The largest absolute Gasteiger partial charge is 0.370 e. The third-order valence-electron chi connectivity index (χ3n) is 2.72. The Morgan fingerprint density at radius 1 is 1.26 bits per heavy atom. The molecule has 1 aromatic rings. The fourth-order valence-corrected chi connectivity index (χ4v) is 1.74. The van der Waals surface area contributed by atoms with Crippen LogP contribution in [0.5, 0.6) is 0 Å². The van der Waals surface area contributed by atoms with E-state index >= 15 is 0 Å². The maximum absolute atomic E-state index is 5.85. The summed E-state index contributed by atoms with van der Waals surface area (Å²) >= 11 is 0. The Morgan fingerprint density at radius 2 is 1.89 bits per heavy atom. The number of nitrogens with zero attached hydrogens (tertiary/aromatic N) is 2. The molecule has 1 aromatic carbocycles. The van der Waals surface area contributed by atoms with Crippen LogP contribution in [0.4, 0.5) is 0 Å². The van der Waals surface area contributed by atoms with Crippen LogP contribution in [0, 0.1) is 5.92 Å². The van der Waals surface area contributed by atoms with Crippen LogP contribution < -0.4 is 11.1 Å². The van der Waals surface area contributed by atoms with E-state index in [0.717, 1.165) is 13.1 Å². The smallest absolute Gasteiger partial charge is 0.188 e. The molecule has 0 aliphatic carbocycles. The standard InChI is InChI=1S/C15H26N4/c1-12(2)9-17-15(16)18-10-13-7-5-6-8-14(13)11-19(3)4/h5-8,12H,9-11H2,1-4H3,(H3,16,17,18). The lowest BCUT2D eigenvalue weighted by Gasteiger charge is -2.13. The third kappa shape index (κ3) is 6.25. The molecule has 0 unspecified atom stereocenters. The zero-order valence-electron chi connectivity index (χ0n) is 12.5. The van der Waals surface area contributed by atoms with E-state index in [1.165, 1.54) is 11.1 Å². The van der Waals surface area contributed by atoms with E-state index in [9.17, 15) is 0 Å². The Kier molecular flexibility index (Phi) is 6.36. The van der Waals surface area contributed by atoms with E-state index in [1.807, 2.05) is 6.07 Å². The average Bonchev–Trinajstić information content (AvgIpc) is 2.34. The van der Waals surface area contributed by atoms with Gasteiger partial charge in [-0.2, -0.15) is 0 Å². The van der Waals surface area contributed by atoms with Gasteiger partial charge in [-0.25, -0.2) is 4.99 Å². The summed E-state index contributed by atoms with van der Waals surface area (Å²) < 4.78 is 0. The summed E-state index contributed by atoms with van der Waals surface area (Å²) in [6.45, 7) is 6.69. The highest BCUT2D eigenvalue weighted by molar-refractivity contribution is 5.77. The van der Waals surface area contributed by atoms with Crippen molar-refractivity contribution >= 4 is 5.96 Å². The van der Waals surface area contributed by atoms with Crippen molar-refractivity contribution in [3.63, 3.8) is 0 Å². The van der Waals surface area contributed by atoms with Crippen molar-refractivity contribution in [3.05, 3.63) is 35.4 Å². The number of hydrogen-bond acceptors (Lipinski definition) is 2. The molecule has 4 nitrogen and oxygen atoms in total. The summed E-state index contributed by atoms with van der Waals surface area (Å²) in [6.07, 6.45) is 0. The number of nitrogens with two attached hydrogens (primary N) is 1. The molecule has 0 heterocycles. The Labute approximate surface area is 116 Å². The molecule has 0 radical (unpaired) electrons. The molecule has 0 aromatic heterocycles. The second-order valence-corrected chi connectivity index (χ2v) is 5.48. The zero-order valence-corrected chi connectivity index (χ0v) is 12.5. The zero-order chi connectivity index (χ0) is 14.3. The van der Waals surface area contributed by atoms with Crippen molar-refractivity contribution in [1.29, 1.82) is 0 Å². The van der Waals surface area contributed by atoms with E-state index in [4.69, 9.17) is 5.73 Å². The van der Waals surface area contributed by atoms with Crippen LogP contribution in [0.2, 0.25) is 0 Å². The molecule has 3 N–H and O–H groups in total. The first-order valence-corrected chi connectivity index (χ1v) is 6.74. The summed E-state index contributed by atoms with van der Waals surface area (Å²) in [5.74, 6) is 1.09. The van der Waals surface area contributed by atoms with Crippen molar-refractivity contribution < 1.29 is 0 Å². The minimum atomic E-state index is 0.522. The third-order valence-corrected chi connectivity index (χ3v) is 2.72. The van der Waals surface area contributed by atoms with Crippen molar-refractivity contribution in [1.82, 2.24) is 10.2 Å². The molecule has 0 aliphatic rings. The molecule has 0 atom stereocenters. The Balaban J connectivity index is 2.63. The van der Waals surface area contributed by atoms with Gasteiger partial charge in [-0.1, -0.05) is 38.1 Å². The number of benzene rings is 1. The van der Waals surface area contributed by atoms with E-state index in [1.54, 1.807) is 0 Å². The lowest BCUT2D eigenvalue weighted by atomic mass is 10.1. The molecule has 0 bridgehead atoms. The van der Waals surface area contributed by atoms with Gasteiger partial charge in [0.25, 0.3) is 0 Å². The Hall–Kier alpha value is -1.55. The van der Waals surface area contributed by atoms with Crippen LogP contribution in [0.3, 0.4) is 0 Å². The molecule has 106 valence electrons. The predicted molar refractivity (Wildman–Crippen MR) is 82.0 cm³/mol. The van der Waals surface area contributed by atoms with E-state index < -0.39 is 0 Å². The van der Waals surface area contributed by atoms with Crippen molar-refractivity contribution in [2.24, 2.45) is 16.6 Å². The minimum absolute atomic E-state index is 0.522. The van der Waals surface area contributed by atoms with Gasteiger partial charge in [-0.05, 0) is 31.1 Å². The van der Waals surface area contributed by atoms with Gasteiger partial charge in [0.2, 0.25) is 0 Å². The van der Waals surface area contributed by atoms with Crippen LogP contribution >= 0.6 is 0 Å². The number of aliphatic imine (C=N–C) groups is 1. The monoisotopic (exact) mass is 262 g/mol. The lowest BCUT2D eigenvalue weighted by Crippen LogP contribution is -2.34. The molecule has 0 aliphatic heterocycles. The summed E-state index contributed by atoms with van der Waals surface area (Å²) in [6, 6.07) is 8.36. The van der Waals surface area contributed by atoms with Crippen LogP contribution in [0.25, 0.3) is 0 Å². The SMILES string of the molecule is CC(C)CNC(N)=NCc1ccccc1CN(C)C. The molecule has 0 fully saturated rings. The highest BCUT2D eigenvalue weighted by Crippen LogP contribution is 2.11. The van der Waals surface area contributed by atoms with Crippen molar-refractivity contribution in [2.75, 3.05) is 20.6 Å². The first-order chi connectivity index (χ1) is 8.99. The van der Waals surface area contributed by atoms with Gasteiger partial charge < -0.3 is 16.0 Å². The second-order valence-electron chi connectivity index (χ2n) is 5.48. The topological polar surface area (TPSA) is 53.6 Å². The average molecular weight is 262 g/mol. The number of rotatable bonds is 6. The summed E-state index contributed by atoms with van der Waals surface area (Å²) in [5, 5.41) is 3.13. The predicted octanol–water partition coefficient (Wildman–Crippen LogP) is 1.81.